The summed E-state index contributed by atoms with van der Waals surface area (Å²) in [6.45, 7) is 0. The van der Waals surface area contributed by atoms with Gasteiger partial charge in [-0.25, -0.2) is 0 Å². The summed E-state index contributed by atoms with van der Waals surface area (Å²) in [5.74, 6) is -0.466. The summed E-state index contributed by atoms with van der Waals surface area (Å²) in [5.41, 5.74) is 8.16. The Kier molecular flexibility index (Phi) is 9.05. The van der Waals surface area contributed by atoms with Gasteiger partial charge in [-0.1, -0.05) is 121 Å². The number of anilines is 1. The number of Topliss-reactive ketones (excluding diaryl/α,β-unsaturated/α-hetero) is 1. The van der Waals surface area contributed by atoms with Gasteiger partial charge in [-0.05, 0) is 69.8 Å². The first-order chi connectivity index (χ1) is 21.0. The third-order valence-electron chi connectivity index (χ3n) is 6.79. The van der Waals surface area contributed by atoms with Gasteiger partial charge in [-0.3, -0.25) is 9.59 Å². The molecule has 7 rings (SSSR count). The van der Waals surface area contributed by atoms with Crippen LogP contribution in [0.2, 0.25) is 0 Å². The first-order valence-electron chi connectivity index (χ1n) is 13.7. The number of phenols is 2. The van der Waals surface area contributed by atoms with Crippen LogP contribution < -0.4 is 5.32 Å². The van der Waals surface area contributed by atoms with Gasteiger partial charge in [0.1, 0.15) is 11.5 Å². The average Bonchev–Trinajstić information content (AvgIpc) is 3.36. The number of aromatic hydroxyl groups is 2. The normalized spacial score (nSPS) is 11.3. The number of carbonyl (C=O) groups is 2. The lowest BCUT2D eigenvalue weighted by atomic mass is 10.0. The van der Waals surface area contributed by atoms with Gasteiger partial charge >= 0.3 is 0 Å². The zero-order chi connectivity index (χ0) is 30.0. The summed E-state index contributed by atoms with van der Waals surface area (Å²) in [5, 5.41) is 20.7. The van der Waals surface area contributed by atoms with Crippen LogP contribution in [0.15, 0.2) is 158 Å². The van der Waals surface area contributed by atoms with Crippen molar-refractivity contribution in [1.82, 2.24) is 0 Å². The highest BCUT2D eigenvalue weighted by atomic mass is 16.3. The van der Waals surface area contributed by atoms with Crippen LogP contribution in [0, 0.1) is 0 Å². The van der Waals surface area contributed by atoms with Crippen LogP contribution in [0.25, 0.3) is 33.4 Å². The number of phenolic OH excluding ortho intramolecular Hbond substituents is 2. The van der Waals surface area contributed by atoms with E-state index in [1.165, 1.54) is 22.3 Å². The van der Waals surface area contributed by atoms with Gasteiger partial charge in [0, 0.05) is 0 Å². The van der Waals surface area contributed by atoms with Gasteiger partial charge in [-0.15, -0.1) is 0 Å². The molecule has 1 aliphatic rings. The molecule has 0 saturated heterocycles. The number of carbonyl (C=O) groups excluding carboxylic acids is 2. The SMILES string of the molecule is O=C1Nc2ccccc2C1=O.Oc1ccc(-c2ccc(O)cc2)cc1.c1ccc(-c2ccc(-c3ccccc3)cc2)cc1. The fourth-order valence-electron chi connectivity index (χ4n) is 4.52. The topological polar surface area (TPSA) is 86.6 Å². The molecule has 5 nitrogen and oxygen atoms in total. The van der Waals surface area contributed by atoms with Gasteiger partial charge < -0.3 is 15.5 Å². The van der Waals surface area contributed by atoms with Crippen molar-refractivity contribution >= 4 is 17.4 Å². The van der Waals surface area contributed by atoms with Crippen molar-refractivity contribution < 1.29 is 19.8 Å². The quantitative estimate of drug-likeness (QED) is 0.188. The maximum atomic E-state index is 11.0. The molecule has 0 spiro atoms. The summed E-state index contributed by atoms with van der Waals surface area (Å²) in [7, 11) is 0. The highest BCUT2D eigenvalue weighted by molar-refractivity contribution is 6.51. The molecular formula is C38H29NO4. The zero-order valence-corrected chi connectivity index (χ0v) is 23.2. The number of benzene rings is 6. The number of rotatable bonds is 3. The van der Waals surface area contributed by atoms with Crippen LogP contribution in [0.5, 0.6) is 11.5 Å². The number of hydrogen-bond acceptors (Lipinski definition) is 4. The molecule has 1 aliphatic heterocycles. The van der Waals surface area contributed by atoms with Crippen LogP contribution in [0.3, 0.4) is 0 Å². The average molecular weight is 564 g/mol. The van der Waals surface area contributed by atoms with Crippen molar-refractivity contribution in [2.75, 3.05) is 5.32 Å². The Morgan fingerprint density at radius 1 is 0.372 bits per heavy atom. The molecule has 0 unspecified atom stereocenters. The molecule has 0 radical (unpaired) electrons. The van der Waals surface area contributed by atoms with Crippen molar-refractivity contribution in [3.05, 3.63) is 163 Å². The van der Waals surface area contributed by atoms with E-state index < -0.39 is 11.7 Å². The molecule has 3 N–H and O–H groups in total. The predicted octanol–water partition coefficient (Wildman–Crippen LogP) is 8.61. The Hall–Kier alpha value is -5.94. The lowest BCUT2D eigenvalue weighted by Gasteiger charge is -2.04. The first-order valence-corrected chi connectivity index (χ1v) is 13.7. The first kappa shape index (κ1) is 28.6. The fraction of sp³-hybridized carbons (Fsp3) is 0. The lowest BCUT2D eigenvalue weighted by molar-refractivity contribution is -0.112. The fourth-order valence-corrected chi connectivity index (χ4v) is 4.52. The minimum Gasteiger partial charge on any atom is -0.508 e. The predicted molar refractivity (Wildman–Crippen MR) is 172 cm³/mol. The summed E-state index contributed by atoms with van der Waals surface area (Å²) in [6.07, 6.45) is 0. The standard InChI is InChI=1S/C18H14.C12H10O2.C8H5NO2/c1-3-7-15(8-4-1)17-11-13-18(14-12-17)16-9-5-2-6-10-16;13-11-5-1-9(2-6-11)10-3-7-12(14)8-4-10;10-7-5-3-1-2-4-6(5)9-8(7)11/h1-14H;1-8,13-14H;1-4H,(H,9,10,11). The van der Waals surface area contributed by atoms with E-state index in [-0.39, 0.29) is 11.5 Å². The second-order valence-electron chi connectivity index (χ2n) is 9.73. The van der Waals surface area contributed by atoms with Crippen molar-refractivity contribution in [2.45, 2.75) is 0 Å². The smallest absolute Gasteiger partial charge is 0.296 e. The molecule has 1 heterocycles. The molecule has 5 heteroatoms. The van der Waals surface area contributed by atoms with E-state index in [4.69, 9.17) is 10.2 Å². The number of nitrogens with one attached hydrogen (secondary N) is 1. The Labute approximate surface area is 250 Å². The Morgan fingerprint density at radius 3 is 1.09 bits per heavy atom. The molecule has 43 heavy (non-hydrogen) atoms. The van der Waals surface area contributed by atoms with Crippen molar-refractivity contribution in [3.8, 4) is 44.9 Å². The van der Waals surface area contributed by atoms with E-state index in [1.54, 1.807) is 48.5 Å². The Morgan fingerprint density at radius 2 is 0.698 bits per heavy atom. The highest BCUT2D eigenvalue weighted by Crippen LogP contribution is 2.25. The third kappa shape index (κ3) is 7.43. The van der Waals surface area contributed by atoms with E-state index in [1.807, 2.05) is 36.4 Å². The van der Waals surface area contributed by atoms with Crippen molar-refractivity contribution in [3.63, 3.8) is 0 Å². The van der Waals surface area contributed by atoms with Crippen molar-refractivity contribution in [2.24, 2.45) is 0 Å². The number of amides is 1. The van der Waals surface area contributed by atoms with Gasteiger partial charge in [0.2, 0.25) is 0 Å². The molecular weight excluding hydrogens is 534 g/mol. The van der Waals surface area contributed by atoms with Gasteiger partial charge in [-0.2, -0.15) is 0 Å². The molecule has 0 fully saturated rings. The summed E-state index contributed by atoms with van der Waals surface area (Å²) >= 11 is 0. The summed E-state index contributed by atoms with van der Waals surface area (Å²) < 4.78 is 0. The van der Waals surface area contributed by atoms with Crippen LogP contribution in [-0.2, 0) is 4.79 Å². The van der Waals surface area contributed by atoms with Gasteiger partial charge in [0.25, 0.3) is 11.7 Å². The van der Waals surface area contributed by atoms with Gasteiger partial charge in [0.15, 0.2) is 0 Å². The van der Waals surface area contributed by atoms with E-state index in [0.717, 1.165) is 11.1 Å². The molecule has 1 amide bonds. The molecule has 0 aliphatic carbocycles. The molecule has 210 valence electrons. The molecule has 0 bridgehead atoms. The second kappa shape index (κ2) is 13.6. The molecule has 6 aromatic carbocycles. The molecule has 6 aromatic rings. The number of hydrogen-bond donors (Lipinski definition) is 3. The molecule has 0 aromatic heterocycles. The largest absolute Gasteiger partial charge is 0.508 e. The Bertz CT molecular complexity index is 1700. The summed E-state index contributed by atoms with van der Waals surface area (Å²) in [6, 6.07) is 50.4. The molecule has 0 saturated carbocycles. The Balaban J connectivity index is 0.000000133. The summed E-state index contributed by atoms with van der Waals surface area (Å²) in [4.78, 5) is 21.8. The monoisotopic (exact) mass is 563 g/mol. The number of para-hydroxylation sites is 1. The third-order valence-corrected chi connectivity index (χ3v) is 6.79. The lowest BCUT2D eigenvalue weighted by Crippen LogP contribution is -2.12. The van der Waals surface area contributed by atoms with Crippen molar-refractivity contribution in [1.29, 1.82) is 0 Å². The van der Waals surface area contributed by atoms with Crippen LogP contribution in [0.4, 0.5) is 5.69 Å². The van der Waals surface area contributed by atoms with Crippen LogP contribution >= 0.6 is 0 Å². The van der Waals surface area contributed by atoms with E-state index in [2.05, 4.69) is 78.1 Å². The van der Waals surface area contributed by atoms with E-state index in [9.17, 15) is 9.59 Å². The zero-order valence-electron chi connectivity index (χ0n) is 23.2. The number of fused-ring (bicyclic) bond motifs is 1. The van der Waals surface area contributed by atoms with Crippen LogP contribution in [0.1, 0.15) is 10.4 Å². The number of ketones is 1. The van der Waals surface area contributed by atoms with Gasteiger partial charge in [0.05, 0.1) is 11.3 Å². The highest BCUT2D eigenvalue weighted by Gasteiger charge is 2.26. The van der Waals surface area contributed by atoms with Crippen LogP contribution in [-0.4, -0.2) is 21.9 Å². The molecule has 0 atom stereocenters. The maximum absolute atomic E-state index is 11.0. The van der Waals surface area contributed by atoms with E-state index >= 15 is 0 Å². The maximum Gasteiger partial charge on any atom is 0.296 e. The second-order valence-corrected chi connectivity index (χ2v) is 9.73. The van der Waals surface area contributed by atoms with E-state index in [0.29, 0.717) is 11.3 Å². The minimum atomic E-state index is -0.536. The minimum absolute atomic E-state index is 0.257.